The third-order valence-corrected chi connectivity index (χ3v) is 5.04. The largest absolute Gasteiger partial charge is 0.288 e. The Hall–Kier alpha value is -3.72. The fraction of sp³-hybridized carbons (Fsp3) is 0. The number of benzene rings is 2. The van der Waals surface area contributed by atoms with E-state index in [-0.39, 0.29) is 16.2 Å². The van der Waals surface area contributed by atoms with E-state index in [9.17, 15) is 18.0 Å². The van der Waals surface area contributed by atoms with Crippen LogP contribution in [0.5, 0.6) is 0 Å². The maximum absolute atomic E-state index is 12.4. The highest BCUT2D eigenvalue weighted by molar-refractivity contribution is 7.92. The second kappa shape index (κ2) is 8.31. The number of nitrogens with zero attached hydrogens (tertiary/aromatic N) is 1. The van der Waals surface area contributed by atoms with Crippen molar-refractivity contribution in [1.82, 2.24) is 15.8 Å². The van der Waals surface area contributed by atoms with Crippen LogP contribution in [0.2, 0.25) is 0 Å². The quantitative estimate of drug-likeness (QED) is 0.570. The van der Waals surface area contributed by atoms with Gasteiger partial charge >= 0.3 is 0 Å². The highest BCUT2D eigenvalue weighted by Crippen LogP contribution is 2.16. The molecule has 0 unspecified atom stereocenters. The molecule has 2 aromatic carbocycles. The predicted molar refractivity (Wildman–Crippen MR) is 103 cm³/mol. The van der Waals surface area contributed by atoms with Crippen molar-refractivity contribution in [3.8, 4) is 0 Å². The number of nitrogens with one attached hydrogen (secondary N) is 3. The van der Waals surface area contributed by atoms with Crippen LogP contribution in [0.4, 0.5) is 5.69 Å². The number of aromatic nitrogens is 1. The molecule has 0 aliphatic heterocycles. The second-order valence-corrected chi connectivity index (χ2v) is 7.30. The third-order valence-electron chi connectivity index (χ3n) is 3.64. The lowest BCUT2D eigenvalue weighted by Crippen LogP contribution is -2.41. The van der Waals surface area contributed by atoms with Crippen molar-refractivity contribution in [2.45, 2.75) is 4.90 Å². The van der Waals surface area contributed by atoms with E-state index in [1.165, 1.54) is 36.5 Å². The summed E-state index contributed by atoms with van der Waals surface area (Å²) in [4.78, 5) is 27.9. The molecule has 3 aromatic rings. The molecule has 0 atom stereocenters. The molecule has 1 heterocycles. The predicted octanol–water partition coefficient (Wildman–Crippen LogP) is 1.96. The molecule has 2 amide bonds. The van der Waals surface area contributed by atoms with E-state index in [1.54, 1.807) is 42.5 Å². The number of sulfonamides is 1. The third kappa shape index (κ3) is 4.71. The van der Waals surface area contributed by atoms with E-state index in [2.05, 4.69) is 20.6 Å². The van der Waals surface area contributed by atoms with Gasteiger partial charge in [0, 0.05) is 17.4 Å². The number of hydrogen-bond acceptors (Lipinski definition) is 5. The molecule has 0 saturated heterocycles. The van der Waals surface area contributed by atoms with Crippen molar-refractivity contribution in [3.63, 3.8) is 0 Å². The molecule has 28 heavy (non-hydrogen) atoms. The minimum absolute atomic E-state index is 0.00502. The van der Waals surface area contributed by atoms with Gasteiger partial charge in [-0.05, 0) is 48.5 Å². The number of pyridine rings is 1. The van der Waals surface area contributed by atoms with Crippen molar-refractivity contribution in [3.05, 3.63) is 90.3 Å². The van der Waals surface area contributed by atoms with Gasteiger partial charge in [-0.15, -0.1) is 0 Å². The van der Waals surface area contributed by atoms with Gasteiger partial charge in [0.25, 0.3) is 21.8 Å². The minimum atomic E-state index is -3.78. The molecule has 142 valence electrons. The average Bonchev–Trinajstić information content (AvgIpc) is 2.73. The highest BCUT2D eigenvalue weighted by Gasteiger charge is 2.15. The lowest BCUT2D eigenvalue weighted by Gasteiger charge is -2.09. The van der Waals surface area contributed by atoms with E-state index in [4.69, 9.17) is 0 Å². The van der Waals surface area contributed by atoms with E-state index >= 15 is 0 Å². The molecule has 8 nitrogen and oxygen atoms in total. The monoisotopic (exact) mass is 396 g/mol. The summed E-state index contributed by atoms with van der Waals surface area (Å²) >= 11 is 0. The van der Waals surface area contributed by atoms with Crippen molar-refractivity contribution in [2.24, 2.45) is 0 Å². The number of carbonyl (C=O) groups excluding carboxylic acids is 2. The molecule has 0 bridgehead atoms. The van der Waals surface area contributed by atoms with Crippen LogP contribution in [-0.2, 0) is 10.0 Å². The van der Waals surface area contributed by atoms with Crippen molar-refractivity contribution >= 4 is 27.5 Å². The Morgan fingerprint density at radius 1 is 0.750 bits per heavy atom. The molecule has 1 aromatic heterocycles. The lowest BCUT2D eigenvalue weighted by molar-refractivity contribution is 0.0844. The van der Waals surface area contributed by atoms with Gasteiger partial charge in [0.05, 0.1) is 4.90 Å². The molecule has 0 aliphatic rings. The van der Waals surface area contributed by atoms with Crippen LogP contribution >= 0.6 is 0 Å². The summed E-state index contributed by atoms with van der Waals surface area (Å²) in [6.45, 7) is 0. The first-order valence-electron chi connectivity index (χ1n) is 8.15. The zero-order valence-electron chi connectivity index (χ0n) is 14.5. The van der Waals surface area contributed by atoms with Gasteiger partial charge in [0.1, 0.15) is 5.69 Å². The minimum Gasteiger partial charge on any atom is -0.280 e. The Labute approximate surface area is 161 Å². The van der Waals surface area contributed by atoms with Crippen LogP contribution < -0.4 is 15.6 Å². The van der Waals surface area contributed by atoms with E-state index in [0.717, 1.165) is 0 Å². The summed E-state index contributed by atoms with van der Waals surface area (Å²) < 4.78 is 27.2. The SMILES string of the molecule is O=C(NNC(=O)c1ccccn1)c1ccc(S(=O)(=O)Nc2ccccc2)cc1. The normalized spacial score (nSPS) is 10.7. The van der Waals surface area contributed by atoms with Gasteiger partial charge in [-0.25, -0.2) is 8.42 Å². The number of hydrazine groups is 1. The van der Waals surface area contributed by atoms with Gasteiger partial charge in [-0.1, -0.05) is 24.3 Å². The summed E-state index contributed by atoms with van der Waals surface area (Å²) in [6.07, 6.45) is 1.46. The molecule has 3 N–H and O–H groups in total. The van der Waals surface area contributed by atoms with Crippen LogP contribution in [-0.4, -0.2) is 25.2 Å². The van der Waals surface area contributed by atoms with Crippen molar-refractivity contribution in [1.29, 1.82) is 0 Å². The van der Waals surface area contributed by atoms with Crippen LogP contribution in [0, 0.1) is 0 Å². The Morgan fingerprint density at radius 2 is 1.39 bits per heavy atom. The molecular formula is C19H16N4O4S. The van der Waals surface area contributed by atoms with Gasteiger partial charge < -0.3 is 0 Å². The summed E-state index contributed by atoms with van der Waals surface area (Å²) in [7, 11) is -3.78. The van der Waals surface area contributed by atoms with E-state index < -0.39 is 21.8 Å². The van der Waals surface area contributed by atoms with Crippen LogP contribution in [0.1, 0.15) is 20.8 Å². The Bertz CT molecular complexity index is 1070. The number of carbonyl (C=O) groups is 2. The molecule has 0 aliphatic carbocycles. The summed E-state index contributed by atoms with van der Waals surface area (Å²) in [5.41, 5.74) is 5.26. The fourth-order valence-electron chi connectivity index (χ4n) is 2.25. The van der Waals surface area contributed by atoms with Gasteiger partial charge in [0.15, 0.2) is 0 Å². The van der Waals surface area contributed by atoms with Crippen LogP contribution in [0.15, 0.2) is 83.9 Å². The van der Waals surface area contributed by atoms with E-state index in [0.29, 0.717) is 5.69 Å². The summed E-state index contributed by atoms with van der Waals surface area (Å²) in [6, 6.07) is 18.6. The summed E-state index contributed by atoms with van der Waals surface area (Å²) in [5, 5.41) is 0. The van der Waals surface area contributed by atoms with Gasteiger partial charge in [-0.3, -0.25) is 30.1 Å². The average molecular weight is 396 g/mol. The molecule has 0 fully saturated rings. The fourth-order valence-corrected chi connectivity index (χ4v) is 3.31. The Kier molecular flexibility index (Phi) is 5.66. The first kappa shape index (κ1) is 19.1. The topological polar surface area (TPSA) is 117 Å². The molecule has 0 radical (unpaired) electrons. The number of anilines is 1. The number of rotatable bonds is 5. The number of para-hydroxylation sites is 1. The maximum Gasteiger partial charge on any atom is 0.288 e. The lowest BCUT2D eigenvalue weighted by atomic mass is 10.2. The van der Waals surface area contributed by atoms with Crippen LogP contribution in [0.25, 0.3) is 0 Å². The zero-order valence-corrected chi connectivity index (χ0v) is 15.3. The van der Waals surface area contributed by atoms with Gasteiger partial charge in [0.2, 0.25) is 0 Å². The van der Waals surface area contributed by atoms with Crippen LogP contribution in [0.3, 0.4) is 0 Å². The Balaban J connectivity index is 1.63. The number of hydrogen-bond donors (Lipinski definition) is 3. The standard InChI is InChI=1S/C19H16N4O4S/c24-18(21-22-19(25)17-8-4-5-13-20-17)14-9-11-16(12-10-14)28(26,27)23-15-6-2-1-3-7-15/h1-13,23H,(H,21,24)(H,22,25). The molecule has 9 heteroatoms. The molecule has 3 rings (SSSR count). The molecule has 0 saturated carbocycles. The van der Waals surface area contributed by atoms with Crippen molar-refractivity contribution < 1.29 is 18.0 Å². The summed E-state index contributed by atoms with van der Waals surface area (Å²) in [5.74, 6) is -1.16. The first-order valence-corrected chi connectivity index (χ1v) is 9.64. The second-order valence-electron chi connectivity index (χ2n) is 5.62. The highest BCUT2D eigenvalue weighted by atomic mass is 32.2. The maximum atomic E-state index is 12.4. The zero-order chi connectivity index (χ0) is 20.0. The molecule has 0 spiro atoms. The first-order chi connectivity index (χ1) is 13.5. The van der Waals surface area contributed by atoms with Crippen molar-refractivity contribution in [2.75, 3.05) is 4.72 Å². The number of amides is 2. The smallest absolute Gasteiger partial charge is 0.280 e. The van der Waals surface area contributed by atoms with Gasteiger partial charge in [-0.2, -0.15) is 0 Å². The van der Waals surface area contributed by atoms with E-state index in [1.807, 2.05) is 0 Å². The molecular weight excluding hydrogens is 380 g/mol. The Morgan fingerprint density at radius 3 is 2.04 bits per heavy atom.